The summed E-state index contributed by atoms with van der Waals surface area (Å²) >= 11 is 0. The molecule has 1 aliphatic heterocycles. The largest absolute Gasteiger partial charge is 0.504 e. The van der Waals surface area contributed by atoms with Crippen molar-refractivity contribution in [3.05, 3.63) is 48.0 Å². The predicted octanol–water partition coefficient (Wildman–Crippen LogP) is 1.39. The van der Waals surface area contributed by atoms with Crippen LogP contribution in [0.3, 0.4) is 0 Å². The van der Waals surface area contributed by atoms with Crippen LogP contribution in [0.25, 0.3) is 0 Å². The van der Waals surface area contributed by atoms with Gasteiger partial charge in [-0.1, -0.05) is 18.2 Å². The number of amides is 1. The first-order chi connectivity index (χ1) is 12.8. The number of phenolic OH excluding ortho intramolecular Hbond substituents is 3. The smallest absolute Gasteiger partial charge is 0.251 e. The first kappa shape index (κ1) is 19.0. The van der Waals surface area contributed by atoms with E-state index in [0.717, 1.165) is 12.1 Å². The number of sulfonamides is 1. The minimum absolute atomic E-state index is 0.00198. The molecule has 3 rings (SSSR count). The number of carbonyl (C=O) groups excluding carboxylic acids is 1. The van der Waals surface area contributed by atoms with Crippen molar-refractivity contribution < 1.29 is 28.5 Å². The van der Waals surface area contributed by atoms with Crippen LogP contribution in [0.15, 0.2) is 47.4 Å². The lowest BCUT2D eigenvalue weighted by atomic mass is 10.1. The Morgan fingerprint density at radius 3 is 2.11 bits per heavy atom. The molecule has 1 aliphatic rings. The molecule has 1 saturated heterocycles. The Labute approximate surface area is 156 Å². The lowest BCUT2D eigenvalue weighted by molar-refractivity contribution is 0.0923. The molecule has 0 aromatic heterocycles. The number of carbonyl (C=O) groups is 1. The average Bonchev–Trinajstić information content (AvgIpc) is 2.66. The van der Waals surface area contributed by atoms with Crippen LogP contribution < -0.4 is 5.32 Å². The number of hydrogen-bond donors (Lipinski definition) is 4. The fourth-order valence-corrected chi connectivity index (χ4v) is 4.48. The summed E-state index contributed by atoms with van der Waals surface area (Å²) in [6, 6.07) is 10.1. The van der Waals surface area contributed by atoms with Gasteiger partial charge in [-0.25, -0.2) is 8.42 Å². The molecule has 8 nitrogen and oxygen atoms in total. The molecule has 2 aromatic rings. The van der Waals surface area contributed by atoms with Crippen molar-refractivity contribution in [1.82, 2.24) is 9.62 Å². The number of hydrogen-bond acceptors (Lipinski definition) is 6. The summed E-state index contributed by atoms with van der Waals surface area (Å²) in [5, 5.41) is 31.1. The Morgan fingerprint density at radius 2 is 1.56 bits per heavy atom. The standard InChI is InChI=1S/C18H20N2O6S/c21-15-10-12(11-16(22)17(15)23)18(24)19-13-6-8-20(9-7-13)27(25,26)14-4-2-1-3-5-14/h1-5,10-11,13,21-23H,6-9H2,(H,19,24). The lowest BCUT2D eigenvalue weighted by Gasteiger charge is -2.31. The molecule has 0 spiro atoms. The number of benzene rings is 2. The Balaban J connectivity index is 1.62. The van der Waals surface area contributed by atoms with Gasteiger partial charge in [0.2, 0.25) is 10.0 Å². The average molecular weight is 392 g/mol. The fraction of sp³-hybridized carbons (Fsp3) is 0.278. The Kier molecular flexibility index (Phi) is 5.24. The molecule has 0 saturated carbocycles. The van der Waals surface area contributed by atoms with E-state index in [0.29, 0.717) is 12.8 Å². The van der Waals surface area contributed by atoms with Crippen LogP contribution in [-0.4, -0.2) is 53.1 Å². The molecular weight excluding hydrogens is 372 g/mol. The van der Waals surface area contributed by atoms with E-state index in [1.165, 1.54) is 4.31 Å². The summed E-state index contributed by atoms with van der Waals surface area (Å²) in [5.74, 6) is -2.40. The number of phenols is 3. The summed E-state index contributed by atoms with van der Waals surface area (Å²) in [6.45, 7) is 0.544. The molecule has 0 atom stereocenters. The third-order valence-electron chi connectivity index (χ3n) is 4.50. The Hall–Kier alpha value is -2.78. The summed E-state index contributed by atoms with van der Waals surface area (Å²) in [4.78, 5) is 12.5. The monoisotopic (exact) mass is 392 g/mol. The van der Waals surface area contributed by atoms with Crippen molar-refractivity contribution >= 4 is 15.9 Å². The molecule has 4 N–H and O–H groups in total. The van der Waals surface area contributed by atoms with Gasteiger partial charge in [-0.2, -0.15) is 4.31 Å². The molecule has 0 bridgehead atoms. The van der Waals surface area contributed by atoms with Gasteiger partial charge in [-0.3, -0.25) is 4.79 Å². The minimum atomic E-state index is -3.56. The van der Waals surface area contributed by atoms with E-state index < -0.39 is 33.2 Å². The SMILES string of the molecule is O=C(NC1CCN(S(=O)(=O)c2ccccc2)CC1)c1cc(O)c(O)c(O)c1. The maximum Gasteiger partial charge on any atom is 0.251 e. The highest BCUT2D eigenvalue weighted by Gasteiger charge is 2.30. The van der Waals surface area contributed by atoms with Gasteiger partial charge < -0.3 is 20.6 Å². The Morgan fingerprint density at radius 1 is 1.00 bits per heavy atom. The molecule has 1 amide bonds. The third kappa shape index (κ3) is 3.99. The van der Waals surface area contributed by atoms with Gasteiger partial charge in [0, 0.05) is 24.7 Å². The first-order valence-electron chi connectivity index (χ1n) is 8.40. The zero-order chi connectivity index (χ0) is 19.6. The lowest BCUT2D eigenvalue weighted by Crippen LogP contribution is -2.46. The summed E-state index contributed by atoms with van der Waals surface area (Å²) < 4.78 is 26.6. The third-order valence-corrected chi connectivity index (χ3v) is 6.41. The predicted molar refractivity (Wildman–Crippen MR) is 97.1 cm³/mol. The van der Waals surface area contributed by atoms with Gasteiger partial charge in [0.15, 0.2) is 17.2 Å². The van der Waals surface area contributed by atoms with Crippen LogP contribution in [-0.2, 0) is 10.0 Å². The van der Waals surface area contributed by atoms with E-state index in [2.05, 4.69) is 5.32 Å². The van der Waals surface area contributed by atoms with E-state index in [4.69, 9.17) is 0 Å². The molecule has 2 aromatic carbocycles. The zero-order valence-electron chi connectivity index (χ0n) is 14.4. The van der Waals surface area contributed by atoms with Crippen molar-refractivity contribution in [2.45, 2.75) is 23.8 Å². The van der Waals surface area contributed by atoms with Gasteiger partial charge in [-0.05, 0) is 37.1 Å². The maximum atomic E-state index is 12.6. The van der Waals surface area contributed by atoms with Crippen LogP contribution in [0.1, 0.15) is 23.2 Å². The second kappa shape index (κ2) is 7.45. The summed E-state index contributed by atoms with van der Waals surface area (Å²) in [6.07, 6.45) is 0.877. The van der Waals surface area contributed by atoms with Crippen molar-refractivity contribution in [2.75, 3.05) is 13.1 Å². The van der Waals surface area contributed by atoms with E-state index >= 15 is 0 Å². The normalized spacial score (nSPS) is 16.1. The van der Waals surface area contributed by atoms with Gasteiger partial charge in [0.1, 0.15) is 0 Å². The molecule has 1 fully saturated rings. The van der Waals surface area contributed by atoms with Gasteiger partial charge in [0.05, 0.1) is 4.90 Å². The number of nitrogens with zero attached hydrogens (tertiary/aromatic N) is 1. The molecule has 0 unspecified atom stereocenters. The van der Waals surface area contributed by atoms with E-state index in [1.807, 2.05) is 0 Å². The molecular formula is C18H20N2O6S. The molecule has 144 valence electrons. The maximum absolute atomic E-state index is 12.6. The molecule has 0 radical (unpaired) electrons. The van der Waals surface area contributed by atoms with Crippen LogP contribution in [0.5, 0.6) is 17.2 Å². The second-order valence-electron chi connectivity index (χ2n) is 6.33. The Bertz CT molecular complexity index is 915. The topological polar surface area (TPSA) is 127 Å². The van der Waals surface area contributed by atoms with Crippen molar-refractivity contribution in [3.63, 3.8) is 0 Å². The summed E-state index contributed by atoms with van der Waals surface area (Å²) in [5.41, 5.74) is 0.00198. The van der Waals surface area contributed by atoms with Crippen LogP contribution >= 0.6 is 0 Å². The summed E-state index contributed by atoms with van der Waals surface area (Å²) in [7, 11) is -3.56. The highest BCUT2D eigenvalue weighted by Crippen LogP contribution is 2.35. The highest BCUT2D eigenvalue weighted by atomic mass is 32.2. The highest BCUT2D eigenvalue weighted by molar-refractivity contribution is 7.89. The van der Waals surface area contributed by atoms with Crippen LogP contribution in [0, 0.1) is 0 Å². The van der Waals surface area contributed by atoms with Crippen LogP contribution in [0.4, 0.5) is 0 Å². The van der Waals surface area contributed by atoms with Gasteiger partial charge >= 0.3 is 0 Å². The van der Waals surface area contributed by atoms with Crippen molar-refractivity contribution in [2.24, 2.45) is 0 Å². The van der Waals surface area contributed by atoms with E-state index in [1.54, 1.807) is 30.3 Å². The quantitative estimate of drug-likeness (QED) is 0.582. The molecule has 0 aliphatic carbocycles. The van der Waals surface area contributed by atoms with Crippen molar-refractivity contribution in [1.29, 1.82) is 0 Å². The molecule has 27 heavy (non-hydrogen) atoms. The van der Waals surface area contributed by atoms with E-state index in [-0.39, 0.29) is 29.6 Å². The van der Waals surface area contributed by atoms with Crippen LogP contribution in [0.2, 0.25) is 0 Å². The number of rotatable bonds is 4. The number of aromatic hydroxyl groups is 3. The zero-order valence-corrected chi connectivity index (χ0v) is 15.2. The minimum Gasteiger partial charge on any atom is -0.504 e. The van der Waals surface area contributed by atoms with Crippen molar-refractivity contribution in [3.8, 4) is 17.2 Å². The van der Waals surface area contributed by atoms with E-state index in [9.17, 15) is 28.5 Å². The number of piperidine rings is 1. The number of nitrogens with one attached hydrogen (secondary N) is 1. The first-order valence-corrected chi connectivity index (χ1v) is 9.84. The van der Waals surface area contributed by atoms with Gasteiger partial charge in [0.25, 0.3) is 5.91 Å². The fourth-order valence-electron chi connectivity index (χ4n) is 2.99. The van der Waals surface area contributed by atoms with Gasteiger partial charge in [-0.15, -0.1) is 0 Å². The molecule has 1 heterocycles. The molecule has 9 heteroatoms. The second-order valence-corrected chi connectivity index (χ2v) is 8.27.